The van der Waals surface area contributed by atoms with E-state index in [-0.39, 0.29) is 5.02 Å². The third kappa shape index (κ3) is 4.64. The highest BCUT2D eigenvalue weighted by atomic mass is 35.5. The fourth-order valence-corrected chi connectivity index (χ4v) is 2.31. The second-order valence-corrected chi connectivity index (χ2v) is 5.11. The summed E-state index contributed by atoms with van der Waals surface area (Å²) in [5.41, 5.74) is 0.494. The summed E-state index contributed by atoms with van der Waals surface area (Å²) in [6, 6.07) is 4.91. The zero-order valence-electron chi connectivity index (χ0n) is 10.4. The third-order valence-corrected chi connectivity index (χ3v) is 3.23. The quantitative estimate of drug-likeness (QED) is 0.810. The van der Waals surface area contributed by atoms with Crippen LogP contribution in [0.25, 0.3) is 0 Å². The molecular formula is C14H20ClFO. The van der Waals surface area contributed by atoms with Crippen molar-refractivity contribution in [2.45, 2.75) is 45.6 Å². The molecule has 0 bridgehead atoms. The summed E-state index contributed by atoms with van der Waals surface area (Å²) >= 11 is 5.70. The minimum atomic E-state index is -0.496. The lowest BCUT2D eigenvalue weighted by Gasteiger charge is -2.16. The smallest absolute Gasteiger partial charge is 0.145 e. The lowest BCUT2D eigenvalue weighted by molar-refractivity contribution is 0.142. The van der Waals surface area contributed by atoms with Gasteiger partial charge in [0, 0.05) is 6.42 Å². The standard InChI is InChI=1S/C14H20ClFO/c1-3-5-10(2)8-12(17)9-11-6-4-7-13(15)14(11)16/h4,6-7,10,12,17H,3,5,8-9H2,1-2H3. The van der Waals surface area contributed by atoms with Gasteiger partial charge in [-0.05, 0) is 24.0 Å². The van der Waals surface area contributed by atoms with Crippen LogP contribution in [0.1, 0.15) is 38.7 Å². The van der Waals surface area contributed by atoms with Gasteiger partial charge in [-0.15, -0.1) is 0 Å². The van der Waals surface area contributed by atoms with E-state index in [2.05, 4.69) is 13.8 Å². The summed E-state index contributed by atoms with van der Waals surface area (Å²) in [7, 11) is 0. The van der Waals surface area contributed by atoms with Gasteiger partial charge in [-0.1, -0.05) is 50.4 Å². The molecule has 0 saturated heterocycles. The minimum absolute atomic E-state index is 0.122. The number of rotatable bonds is 6. The number of aliphatic hydroxyl groups excluding tert-OH is 1. The maximum Gasteiger partial charge on any atom is 0.145 e. The van der Waals surface area contributed by atoms with Crippen LogP contribution < -0.4 is 0 Å². The molecular weight excluding hydrogens is 239 g/mol. The van der Waals surface area contributed by atoms with Crippen LogP contribution in [-0.4, -0.2) is 11.2 Å². The molecule has 1 N–H and O–H groups in total. The van der Waals surface area contributed by atoms with Crippen molar-refractivity contribution in [3.8, 4) is 0 Å². The van der Waals surface area contributed by atoms with Crippen molar-refractivity contribution >= 4 is 11.6 Å². The van der Waals surface area contributed by atoms with Gasteiger partial charge >= 0.3 is 0 Å². The molecule has 1 rings (SSSR count). The van der Waals surface area contributed by atoms with Crippen LogP contribution in [0.15, 0.2) is 18.2 Å². The van der Waals surface area contributed by atoms with Crippen LogP contribution in [0.4, 0.5) is 4.39 Å². The average molecular weight is 259 g/mol. The van der Waals surface area contributed by atoms with E-state index in [0.717, 1.165) is 12.8 Å². The number of hydrogen-bond donors (Lipinski definition) is 1. The first-order valence-electron chi connectivity index (χ1n) is 6.15. The Balaban J connectivity index is 2.56. The van der Waals surface area contributed by atoms with Crippen LogP contribution in [0, 0.1) is 11.7 Å². The van der Waals surface area contributed by atoms with E-state index in [1.807, 2.05) is 0 Å². The second-order valence-electron chi connectivity index (χ2n) is 4.70. The molecule has 17 heavy (non-hydrogen) atoms. The Bertz CT molecular complexity index is 354. The lowest BCUT2D eigenvalue weighted by Crippen LogP contribution is -2.15. The van der Waals surface area contributed by atoms with Crippen molar-refractivity contribution in [3.63, 3.8) is 0 Å². The SMILES string of the molecule is CCCC(C)CC(O)Cc1cccc(Cl)c1F. The Morgan fingerprint density at radius 2 is 2.12 bits per heavy atom. The molecule has 0 aromatic heterocycles. The van der Waals surface area contributed by atoms with Gasteiger partial charge in [0.15, 0.2) is 0 Å². The molecule has 1 nitrogen and oxygen atoms in total. The summed E-state index contributed by atoms with van der Waals surface area (Å²) in [4.78, 5) is 0. The highest BCUT2D eigenvalue weighted by molar-refractivity contribution is 6.30. The highest BCUT2D eigenvalue weighted by Crippen LogP contribution is 2.21. The van der Waals surface area contributed by atoms with Crippen LogP contribution >= 0.6 is 11.6 Å². The number of hydrogen-bond acceptors (Lipinski definition) is 1. The van der Waals surface area contributed by atoms with Gasteiger partial charge in [-0.25, -0.2) is 4.39 Å². The van der Waals surface area contributed by atoms with E-state index < -0.39 is 11.9 Å². The third-order valence-electron chi connectivity index (χ3n) is 2.94. The van der Waals surface area contributed by atoms with Crippen molar-refractivity contribution in [1.82, 2.24) is 0 Å². The zero-order chi connectivity index (χ0) is 12.8. The van der Waals surface area contributed by atoms with Crippen LogP contribution in [0.3, 0.4) is 0 Å². The largest absolute Gasteiger partial charge is 0.393 e. The van der Waals surface area contributed by atoms with E-state index in [1.165, 1.54) is 6.07 Å². The first-order chi connectivity index (χ1) is 8.04. The van der Waals surface area contributed by atoms with Crippen LogP contribution in [-0.2, 0) is 6.42 Å². The number of aliphatic hydroxyl groups is 1. The second kappa shape index (κ2) is 6.97. The van der Waals surface area contributed by atoms with Crippen molar-refractivity contribution in [3.05, 3.63) is 34.6 Å². The molecule has 0 aliphatic heterocycles. The molecule has 1 aromatic carbocycles. The highest BCUT2D eigenvalue weighted by Gasteiger charge is 2.14. The molecule has 1 aromatic rings. The maximum absolute atomic E-state index is 13.6. The Labute approximate surface area is 108 Å². The molecule has 2 unspecified atom stereocenters. The maximum atomic E-state index is 13.6. The molecule has 0 aliphatic rings. The topological polar surface area (TPSA) is 20.2 Å². The molecule has 2 atom stereocenters. The van der Waals surface area contributed by atoms with Crippen molar-refractivity contribution in [1.29, 1.82) is 0 Å². The van der Waals surface area contributed by atoms with Gasteiger partial charge in [0.2, 0.25) is 0 Å². The van der Waals surface area contributed by atoms with Crippen molar-refractivity contribution < 1.29 is 9.50 Å². The van der Waals surface area contributed by atoms with E-state index in [4.69, 9.17) is 11.6 Å². The van der Waals surface area contributed by atoms with E-state index in [1.54, 1.807) is 12.1 Å². The van der Waals surface area contributed by atoms with Gasteiger partial charge in [-0.3, -0.25) is 0 Å². The van der Waals surface area contributed by atoms with Gasteiger partial charge in [0.1, 0.15) is 5.82 Å². The molecule has 96 valence electrons. The average Bonchev–Trinajstić information content (AvgIpc) is 2.25. The van der Waals surface area contributed by atoms with Crippen LogP contribution in [0.5, 0.6) is 0 Å². The number of halogens is 2. The summed E-state index contributed by atoms with van der Waals surface area (Å²) in [5.74, 6) is 0.0635. The Morgan fingerprint density at radius 1 is 1.41 bits per heavy atom. The molecule has 3 heteroatoms. The van der Waals surface area contributed by atoms with E-state index in [9.17, 15) is 9.50 Å². The van der Waals surface area contributed by atoms with Gasteiger partial charge in [0.05, 0.1) is 11.1 Å². The Hall–Kier alpha value is -0.600. The van der Waals surface area contributed by atoms with Gasteiger partial charge in [-0.2, -0.15) is 0 Å². The summed E-state index contributed by atoms with van der Waals surface area (Å²) in [6.45, 7) is 4.24. The fourth-order valence-electron chi connectivity index (χ4n) is 2.12. The molecule has 0 radical (unpaired) electrons. The fraction of sp³-hybridized carbons (Fsp3) is 0.571. The minimum Gasteiger partial charge on any atom is -0.393 e. The van der Waals surface area contributed by atoms with E-state index >= 15 is 0 Å². The van der Waals surface area contributed by atoms with E-state index in [0.29, 0.717) is 24.3 Å². The first-order valence-corrected chi connectivity index (χ1v) is 6.53. The molecule has 0 fully saturated rings. The van der Waals surface area contributed by atoms with Crippen molar-refractivity contribution in [2.24, 2.45) is 5.92 Å². The van der Waals surface area contributed by atoms with Crippen molar-refractivity contribution in [2.75, 3.05) is 0 Å². The molecule has 0 heterocycles. The lowest BCUT2D eigenvalue weighted by atomic mass is 9.95. The summed E-state index contributed by atoms with van der Waals surface area (Å²) in [6.07, 6.45) is 2.75. The number of benzene rings is 1. The monoisotopic (exact) mass is 258 g/mol. The first kappa shape index (κ1) is 14.5. The Morgan fingerprint density at radius 3 is 2.76 bits per heavy atom. The molecule has 0 spiro atoms. The van der Waals surface area contributed by atoms with Gasteiger partial charge in [0.25, 0.3) is 0 Å². The summed E-state index contributed by atoms with van der Waals surface area (Å²) < 4.78 is 13.6. The molecule has 0 amide bonds. The Kier molecular flexibility index (Phi) is 5.93. The normalized spacial score (nSPS) is 14.6. The predicted molar refractivity (Wildman–Crippen MR) is 69.8 cm³/mol. The summed E-state index contributed by atoms with van der Waals surface area (Å²) in [5, 5.41) is 10.0. The van der Waals surface area contributed by atoms with Crippen LogP contribution in [0.2, 0.25) is 5.02 Å². The molecule has 0 saturated carbocycles. The zero-order valence-corrected chi connectivity index (χ0v) is 11.2. The molecule has 0 aliphatic carbocycles. The predicted octanol–water partition coefficient (Wildman–Crippen LogP) is 4.21. The van der Waals surface area contributed by atoms with Gasteiger partial charge < -0.3 is 5.11 Å².